The first kappa shape index (κ1) is 14.0. The lowest BCUT2D eigenvalue weighted by Gasteiger charge is -2.20. The Morgan fingerprint density at radius 1 is 1.47 bits per heavy atom. The molecule has 1 aliphatic rings. The van der Waals surface area contributed by atoms with Crippen molar-refractivity contribution in [1.29, 1.82) is 0 Å². The van der Waals surface area contributed by atoms with Gasteiger partial charge in [0.05, 0.1) is 11.0 Å². The summed E-state index contributed by atoms with van der Waals surface area (Å²) < 4.78 is 13.7. The molecular formula is C13H13BrFNO3. The van der Waals surface area contributed by atoms with Gasteiger partial charge in [0.25, 0.3) is 5.91 Å². The van der Waals surface area contributed by atoms with Crippen LogP contribution in [0.15, 0.2) is 22.7 Å². The van der Waals surface area contributed by atoms with E-state index in [4.69, 9.17) is 5.11 Å². The van der Waals surface area contributed by atoms with Gasteiger partial charge in [-0.25, -0.2) is 4.39 Å². The molecule has 0 radical (unpaired) electrons. The number of hydrogen-bond donors (Lipinski definition) is 1. The van der Waals surface area contributed by atoms with Crippen LogP contribution in [0.1, 0.15) is 23.7 Å². The molecule has 0 saturated carbocycles. The fourth-order valence-electron chi connectivity index (χ4n) is 2.14. The van der Waals surface area contributed by atoms with Crippen molar-refractivity contribution in [2.75, 3.05) is 13.1 Å². The number of halogens is 2. The zero-order valence-corrected chi connectivity index (χ0v) is 11.9. The van der Waals surface area contributed by atoms with E-state index in [9.17, 15) is 14.0 Å². The lowest BCUT2D eigenvalue weighted by molar-refractivity contribution is -0.147. The second kappa shape index (κ2) is 4.92. The summed E-state index contributed by atoms with van der Waals surface area (Å²) in [6.45, 7) is 2.12. The first-order chi connectivity index (χ1) is 8.83. The summed E-state index contributed by atoms with van der Waals surface area (Å²) in [6, 6.07) is 3.88. The highest BCUT2D eigenvalue weighted by molar-refractivity contribution is 9.10. The lowest BCUT2D eigenvalue weighted by atomic mass is 9.90. The van der Waals surface area contributed by atoms with Crippen LogP contribution in [-0.4, -0.2) is 35.0 Å². The highest BCUT2D eigenvalue weighted by Crippen LogP contribution is 2.32. The van der Waals surface area contributed by atoms with Crippen LogP contribution in [0.5, 0.6) is 0 Å². The summed E-state index contributed by atoms with van der Waals surface area (Å²) in [5, 5.41) is 9.13. The van der Waals surface area contributed by atoms with E-state index in [-0.39, 0.29) is 18.0 Å². The van der Waals surface area contributed by atoms with E-state index in [1.54, 1.807) is 6.92 Å². The molecule has 6 heteroatoms. The van der Waals surface area contributed by atoms with E-state index >= 15 is 0 Å². The van der Waals surface area contributed by atoms with Gasteiger partial charge in [0.15, 0.2) is 0 Å². The maximum absolute atomic E-state index is 13.2. The Morgan fingerprint density at radius 3 is 2.74 bits per heavy atom. The van der Waals surface area contributed by atoms with Crippen LogP contribution in [0.4, 0.5) is 4.39 Å². The van der Waals surface area contributed by atoms with Gasteiger partial charge in [0, 0.05) is 17.6 Å². The molecule has 19 heavy (non-hydrogen) atoms. The van der Waals surface area contributed by atoms with Crippen LogP contribution in [0.2, 0.25) is 0 Å². The molecule has 1 unspecified atom stereocenters. The molecule has 1 aromatic carbocycles. The SMILES string of the molecule is CC1(C(=O)O)CCN(C(=O)c2cc(F)ccc2Br)C1. The van der Waals surface area contributed by atoms with Gasteiger partial charge in [-0.3, -0.25) is 9.59 Å². The first-order valence-corrected chi connectivity index (χ1v) is 6.60. The third-order valence-corrected chi connectivity index (χ3v) is 4.13. The van der Waals surface area contributed by atoms with Crippen LogP contribution in [0, 0.1) is 11.2 Å². The minimum atomic E-state index is -0.921. The predicted molar refractivity (Wildman–Crippen MR) is 70.4 cm³/mol. The quantitative estimate of drug-likeness (QED) is 0.907. The highest BCUT2D eigenvalue weighted by Gasteiger charge is 2.42. The third kappa shape index (κ3) is 2.63. The molecule has 1 saturated heterocycles. The number of hydrogen-bond acceptors (Lipinski definition) is 2. The number of benzene rings is 1. The Bertz CT molecular complexity index is 549. The Labute approximate surface area is 118 Å². The van der Waals surface area contributed by atoms with Gasteiger partial charge >= 0.3 is 5.97 Å². The van der Waals surface area contributed by atoms with Crippen LogP contribution in [0.3, 0.4) is 0 Å². The van der Waals surface area contributed by atoms with E-state index in [2.05, 4.69) is 15.9 Å². The fourth-order valence-corrected chi connectivity index (χ4v) is 2.56. The average molecular weight is 330 g/mol. The molecule has 0 spiro atoms. The lowest BCUT2D eigenvalue weighted by Crippen LogP contribution is -2.35. The van der Waals surface area contributed by atoms with Crippen molar-refractivity contribution in [2.45, 2.75) is 13.3 Å². The van der Waals surface area contributed by atoms with Crippen LogP contribution in [0.25, 0.3) is 0 Å². The summed E-state index contributed by atoms with van der Waals surface area (Å²) in [7, 11) is 0. The third-order valence-electron chi connectivity index (χ3n) is 3.44. The zero-order valence-electron chi connectivity index (χ0n) is 10.3. The largest absolute Gasteiger partial charge is 0.481 e. The Hall–Kier alpha value is -1.43. The number of aliphatic carboxylic acids is 1. The van der Waals surface area contributed by atoms with Gasteiger partial charge in [-0.2, -0.15) is 0 Å². The van der Waals surface area contributed by atoms with Crippen molar-refractivity contribution < 1.29 is 19.1 Å². The van der Waals surface area contributed by atoms with E-state index in [0.717, 1.165) is 6.07 Å². The van der Waals surface area contributed by atoms with Crippen molar-refractivity contribution in [3.05, 3.63) is 34.1 Å². The van der Waals surface area contributed by atoms with Gasteiger partial charge < -0.3 is 10.0 Å². The van der Waals surface area contributed by atoms with Gasteiger partial charge in [0.2, 0.25) is 0 Å². The highest BCUT2D eigenvalue weighted by atomic mass is 79.9. The molecule has 2 rings (SSSR count). The number of carbonyl (C=O) groups is 2. The number of carbonyl (C=O) groups excluding carboxylic acids is 1. The molecule has 1 amide bonds. The zero-order chi connectivity index (χ0) is 14.2. The summed E-state index contributed by atoms with van der Waals surface area (Å²) >= 11 is 3.21. The van der Waals surface area contributed by atoms with E-state index < -0.39 is 17.2 Å². The molecule has 1 aliphatic heterocycles. The van der Waals surface area contributed by atoms with Crippen molar-refractivity contribution in [2.24, 2.45) is 5.41 Å². The molecule has 1 atom stereocenters. The first-order valence-electron chi connectivity index (χ1n) is 5.81. The number of rotatable bonds is 2. The molecule has 1 N–H and O–H groups in total. The summed E-state index contributed by atoms with van der Waals surface area (Å²) in [4.78, 5) is 24.9. The molecule has 0 aliphatic carbocycles. The van der Waals surface area contributed by atoms with Crippen LogP contribution in [-0.2, 0) is 4.79 Å². The number of carboxylic acid groups (broad SMARTS) is 1. The Morgan fingerprint density at radius 2 is 2.16 bits per heavy atom. The Balaban J connectivity index is 2.22. The van der Waals surface area contributed by atoms with Gasteiger partial charge in [-0.05, 0) is 47.5 Å². The van der Waals surface area contributed by atoms with E-state index in [0.29, 0.717) is 17.4 Å². The molecule has 0 aromatic heterocycles. The van der Waals surface area contributed by atoms with Gasteiger partial charge in [-0.15, -0.1) is 0 Å². The fraction of sp³-hybridized carbons (Fsp3) is 0.385. The van der Waals surface area contributed by atoms with Crippen molar-refractivity contribution in [3.63, 3.8) is 0 Å². The second-order valence-electron chi connectivity index (χ2n) is 4.97. The maximum atomic E-state index is 13.2. The molecule has 0 bridgehead atoms. The minimum absolute atomic E-state index is 0.143. The summed E-state index contributed by atoms with van der Waals surface area (Å²) in [5.74, 6) is -1.76. The number of likely N-dealkylation sites (tertiary alicyclic amines) is 1. The molecule has 1 heterocycles. The normalized spacial score (nSPS) is 22.6. The van der Waals surface area contributed by atoms with Crippen LogP contribution < -0.4 is 0 Å². The minimum Gasteiger partial charge on any atom is -0.481 e. The van der Waals surface area contributed by atoms with Crippen molar-refractivity contribution in [1.82, 2.24) is 4.90 Å². The summed E-state index contributed by atoms with van der Waals surface area (Å²) in [6.07, 6.45) is 0.404. The smallest absolute Gasteiger partial charge is 0.311 e. The van der Waals surface area contributed by atoms with Crippen molar-refractivity contribution in [3.8, 4) is 0 Å². The molecule has 1 aromatic rings. The number of amides is 1. The average Bonchev–Trinajstić information content (AvgIpc) is 2.76. The number of carboxylic acids is 1. The molecule has 4 nitrogen and oxygen atoms in total. The maximum Gasteiger partial charge on any atom is 0.311 e. The standard InChI is InChI=1S/C13H13BrFNO3/c1-13(12(18)19)4-5-16(7-13)11(17)9-6-8(15)2-3-10(9)14/h2-3,6H,4-5,7H2,1H3,(H,18,19). The second-order valence-corrected chi connectivity index (χ2v) is 5.82. The van der Waals surface area contributed by atoms with E-state index in [1.165, 1.54) is 17.0 Å². The topological polar surface area (TPSA) is 57.6 Å². The van der Waals surface area contributed by atoms with Crippen LogP contribution >= 0.6 is 15.9 Å². The molecule has 102 valence electrons. The summed E-state index contributed by atoms with van der Waals surface area (Å²) in [5.41, 5.74) is -0.704. The monoisotopic (exact) mass is 329 g/mol. The Kier molecular flexibility index (Phi) is 3.62. The predicted octanol–water partition coefficient (Wildman–Crippen LogP) is 2.53. The number of nitrogens with zero attached hydrogens (tertiary/aromatic N) is 1. The van der Waals surface area contributed by atoms with Gasteiger partial charge in [-0.1, -0.05) is 0 Å². The van der Waals surface area contributed by atoms with Crippen molar-refractivity contribution >= 4 is 27.8 Å². The van der Waals surface area contributed by atoms with E-state index in [1.807, 2.05) is 0 Å². The van der Waals surface area contributed by atoms with Gasteiger partial charge in [0.1, 0.15) is 5.82 Å². The molecule has 1 fully saturated rings. The molecular weight excluding hydrogens is 317 g/mol.